The van der Waals surface area contributed by atoms with Gasteiger partial charge >= 0.3 is 0 Å². The van der Waals surface area contributed by atoms with Crippen molar-refractivity contribution in [3.05, 3.63) is 12.2 Å². The predicted molar refractivity (Wildman–Crippen MR) is 55.8 cm³/mol. The summed E-state index contributed by atoms with van der Waals surface area (Å²) >= 11 is 0. The van der Waals surface area contributed by atoms with Crippen LogP contribution >= 0.6 is 0 Å². The van der Waals surface area contributed by atoms with E-state index in [9.17, 15) is 4.21 Å². The van der Waals surface area contributed by atoms with Gasteiger partial charge in [0.15, 0.2) is 0 Å². The van der Waals surface area contributed by atoms with Crippen molar-refractivity contribution in [1.29, 1.82) is 0 Å². The van der Waals surface area contributed by atoms with E-state index in [1.807, 2.05) is 6.92 Å². The minimum absolute atomic E-state index is 0.319. The molecule has 0 bridgehead atoms. The van der Waals surface area contributed by atoms with Gasteiger partial charge in [0.1, 0.15) is 0 Å². The summed E-state index contributed by atoms with van der Waals surface area (Å²) in [5.41, 5.74) is 1.20. The van der Waals surface area contributed by atoms with Crippen LogP contribution in [0.5, 0.6) is 0 Å². The maximum absolute atomic E-state index is 10.8. The molecule has 0 rings (SSSR count). The molecule has 0 aromatic rings. The van der Waals surface area contributed by atoms with Crippen molar-refractivity contribution < 1.29 is 4.21 Å². The summed E-state index contributed by atoms with van der Waals surface area (Å²) in [7, 11) is -0.704. The molecular weight excluding hydrogens is 170 g/mol. The molecule has 2 atom stereocenters. The Labute approximate surface area is 77.9 Å². The molecule has 0 radical (unpaired) electrons. The SMILES string of the molecule is C=C(CC)CNC(C)CS(C)=O. The number of nitrogens with one attached hydrogen (secondary N) is 1. The second-order valence-electron chi connectivity index (χ2n) is 3.13. The van der Waals surface area contributed by atoms with Crippen LogP contribution in [0.25, 0.3) is 0 Å². The third kappa shape index (κ3) is 6.55. The van der Waals surface area contributed by atoms with Crippen LogP contribution in [0.4, 0.5) is 0 Å². The Balaban J connectivity index is 3.50. The first-order valence-corrected chi connectivity index (χ1v) is 5.99. The minimum Gasteiger partial charge on any atom is -0.310 e. The van der Waals surface area contributed by atoms with Crippen molar-refractivity contribution in [2.45, 2.75) is 26.3 Å². The van der Waals surface area contributed by atoms with Gasteiger partial charge in [-0.25, -0.2) is 0 Å². The highest BCUT2D eigenvalue weighted by atomic mass is 32.2. The Morgan fingerprint density at radius 1 is 1.67 bits per heavy atom. The third-order valence-corrected chi connectivity index (χ3v) is 2.65. The van der Waals surface area contributed by atoms with Gasteiger partial charge < -0.3 is 5.32 Å². The van der Waals surface area contributed by atoms with Gasteiger partial charge in [0.2, 0.25) is 0 Å². The maximum atomic E-state index is 10.8. The van der Waals surface area contributed by atoms with Crippen molar-refractivity contribution >= 4 is 10.8 Å². The van der Waals surface area contributed by atoms with E-state index in [1.54, 1.807) is 6.26 Å². The lowest BCUT2D eigenvalue weighted by atomic mass is 10.2. The van der Waals surface area contributed by atoms with Gasteiger partial charge in [0.25, 0.3) is 0 Å². The van der Waals surface area contributed by atoms with E-state index >= 15 is 0 Å². The van der Waals surface area contributed by atoms with Crippen molar-refractivity contribution in [2.75, 3.05) is 18.6 Å². The molecule has 0 aliphatic rings. The van der Waals surface area contributed by atoms with Crippen LogP contribution in [0.2, 0.25) is 0 Å². The second-order valence-corrected chi connectivity index (χ2v) is 4.61. The molecule has 0 spiro atoms. The molecule has 0 aromatic carbocycles. The summed E-state index contributed by atoms with van der Waals surface area (Å²) in [6.45, 7) is 8.86. The average Bonchev–Trinajstić information content (AvgIpc) is 1.99. The van der Waals surface area contributed by atoms with Crippen molar-refractivity contribution in [3.63, 3.8) is 0 Å². The van der Waals surface area contributed by atoms with Crippen LogP contribution in [0.15, 0.2) is 12.2 Å². The molecule has 0 saturated heterocycles. The zero-order valence-electron chi connectivity index (χ0n) is 8.22. The van der Waals surface area contributed by atoms with E-state index in [0.717, 1.165) is 18.7 Å². The fourth-order valence-electron chi connectivity index (χ4n) is 0.855. The number of hydrogen-bond acceptors (Lipinski definition) is 2. The topological polar surface area (TPSA) is 29.1 Å². The largest absolute Gasteiger partial charge is 0.310 e. The standard InChI is InChI=1S/C9H19NOS/c1-5-8(2)6-10-9(3)7-12(4)11/h9-10H,2,5-7H2,1,3-4H3. The monoisotopic (exact) mass is 189 g/mol. The van der Waals surface area contributed by atoms with Gasteiger partial charge in [-0.05, 0) is 13.3 Å². The Bertz CT molecular complexity index is 168. The third-order valence-electron chi connectivity index (χ3n) is 1.69. The highest BCUT2D eigenvalue weighted by Gasteiger charge is 2.02. The molecule has 0 amide bonds. The first-order valence-electron chi connectivity index (χ1n) is 4.26. The van der Waals surface area contributed by atoms with Crippen LogP contribution in [0, 0.1) is 0 Å². The fourth-order valence-corrected chi connectivity index (χ4v) is 1.68. The molecule has 2 nitrogen and oxygen atoms in total. The minimum atomic E-state index is -0.704. The van der Waals surface area contributed by atoms with Gasteiger partial charge in [-0.3, -0.25) is 4.21 Å². The van der Waals surface area contributed by atoms with Crippen LogP contribution in [0.3, 0.4) is 0 Å². The normalized spacial score (nSPS) is 15.6. The Morgan fingerprint density at radius 2 is 2.25 bits per heavy atom. The molecule has 0 fully saturated rings. The molecule has 1 N–H and O–H groups in total. The summed E-state index contributed by atoms with van der Waals surface area (Å²) < 4.78 is 10.8. The molecule has 0 aliphatic heterocycles. The summed E-state index contributed by atoms with van der Waals surface area (Å²) in [6.07, 6.45) is 2.74. The van der Waals surface area contributed by atoms with E-state index in [0.29, 0.717) is 6.04 Å². The summed E-state index contributed by atoms with van der Waals surface area (Å²) in [5, 5.41) is 3.27. The Kier molecular flexibility index (Phi) is 6.30. The first-order chi connectivity index (χ1) is 5.56. The number of hydrogen-bond donors (Lipinski definition) is 1. The fraction of sp³-hybridized carbons (Fsp3) is 0.778. The quantitative estimate of drug-likeness (QED) is 0.638. The summed E-state index contributed by atoms with van der Waals surface area (Å²) in [4.78, 5) is 0. The van der Waals surface area contributed by atoms with Crippen molar-refractivity contribution in [1.82, 2.24) is 5.32 Å². The van der Waals surface area contributed by atoms with E-state index < -0.39 is 10.8 Å². The molecule has 72 valence electrons. The van der Waals surface area contributed by atoms with Crippen molar-refractivity contribution in [3.8, 4) is 0 Å². The van der Waals surface area contributed by atoms with Crippen molar-refractivity contribution in [2.24, 2.45) is 0 Å². The summed E-state index contributed by atoms with van der Waals surface area (Å²) in [6, 6.07) is 0.319. The molecular formula is C9H19NOS. The molecule has 12 heavy (non-hydrogen) atoms. The lowest BCUT2D eigenvalue weighted by Crippen LogP contribution is -2.32. The van der Waals surface area contributed by atoms with E-state index in [4.69, 9.17) is 0 Å². The molecule has 0 saturated carbocycles. The Morgan fingerprint density at radius 3 is 2.67 bits per heavy atom. The Hall–Kier alpha value is -0.150. The number of rotatable bonds is 6. The zero-order valence-corrected chi connectivity index (χ0v) is 9.04. The highest BCUT2D eigenvalue weighted by molar-refractivity contribution is 7.84. The van der Waals surface area contributed by atoms with Gasteiger partial charge in [-0.1, -0.05) is 19.1 Å². The van der Waals surface area contributed by atoms with Crippen LogP contribution in [0.1, 0.15) is 20.3 Å². The van der Waals surface area contributed by atoms with Crippen LogP contribution in [-0.2, 0) is 10.8 Å². The molecule has 0 aromatic heterocycles. The van der Waals surface area contributed by atoms with Crippen LogP contribution < -0.4 is 5.32 Å². The second kappa shape index (κ2) is 6.38. The van der Waals surface area contributed by atoms with E-state index in [1.165, 1.54) is 5.57 Å². The first kappa shape index (κ1) is 11.8. The van der Waals surface area contributed by atoms with E-state index in [-0.39, 0.29) is 0 Å². The lowest BCUT2D eigenvalue weighted by Gasteiger charge is -2.12. The van der Waals surface area contributed by atoms with Gasteiger partial charge in [0, 0.05) is 35.4 Å². The zero-order chi connectivity index (χ0) is 9.56. The van der Waals surface area contributed by atoms with Crippen LogP contribution in [-0.4, -0.2) is 28.8 Å². The average molecular weight is 189 g/mol. The lowest BCUT2D eigenvalue weighted by molar-refractivity contribution is 0.611. The molecule has 0 heterocycles. The maximum Gasteiger partial charge on any atom is 0.0383 e. The molecule has 0 aliphatic carbocycles. The molecule has 3 heteroatoms. The predicted octanol–water partition coefficient (Wildman–Crippen LogP) is 1.31. The highest BCUT2D eigenvalue weighted by Crippen LogP contribution is 1.94. The van der Waals surface area contributed by atoms with Gasteiger partial charge in [0.05, 0.1) is 0 Å². The van der Waals surface area contributed by atoms with E-state index in [2.05, 4.69) is 18.8 Å². The summed E-state index contributed by atoms with van der Waals surface area (Å²) in [5.74, 6) is 0.719. The smallest absolute Gasteiger partial charge is 0.0383 e. The van der Waals surface area contributed by atoms with Gasteiger partial charge in [-0.15, -0.1) is 0 Å². The molecule has 2 unspecified atom stereocenters. The van der Waals surface area contributed by atoms with Gasteiger partial charge in [-0.2, -0.15) is 0 Å².